The highest BCUT2D eigenvalue weighted by molar-refractivity contribution is 9.10. The van der Waals surface area contributed by atoms with Gasteiger partial charge in [-0.2, -0.15) is 0 Å². The molecule has 0 saturated carbocycles. The first-order valence-electron chi connectivity index (χ1n) is 29.3. The molecule has 10 aromatic rings. The number of phosphoric ester groups is 2. The number of rotatable bonds is 0. The molecule has 20 heteroatoms. The maximum absolute atomic E-state index is 12.4. The number of fused-ring (bicyclic) bond motifs is 16. The number of ether oxygens (including phenoxy) is 2. The van der Waals surface area contributed by atoms with Crippen LogP contribution in [0.4, 0.5) is 9.59 Å². The molecule has 16 nitrogen and oxygen atoms in total. The molecular formula is C70H68Br2N4O12P2. The summed E-state index contributed by atoms with van der Waals surface area (Å²) in [6.45, 7) is 13.5. The Kier molecular flexibility index (Phi) is 18.3. The molecule has 1 unspecified atom stereocenters. The summed E-state index contributed by atoms with van der Waals surface area (Å²) in [7, 11) is -8.50. The lowest BCUT2D eigenvalue weighted by molar-refractivity contribution is 0.0224. The molecule has 464 valence electrons. The molecule has 0 radical (unpaired) electrons. The Morgan fingerprint density at radius 3 is 1.01 bits per heavy atom. The van der Waals surface area contributed by atoms with Gasteiger partial charge in [-0.25, -0.2) is 18.7 Å². The summed E-state index contributed by atoms with van der Waals surface area (Å²) in [6.07, 6.45) is 0.928. The van der Waals surface area contributed by atoms with Crippen molar-refractivity contribution in [3.63, 3.8) is 0 Å². The van der Waals surface area contributed by atoms with E-state index in [1.54, 1.807) is 34.1 Å². The van der Waals surface area contributed by atoms with Gasteiger partial charge in [0.15, 0.2) is 0 Å². The Hall–Kier alpha value is -7.76. The number of benzene rings is 10. The summed E-state index contributed by atoms with van der Waals surface area (Å²) >= 11 is 6.93. The smallest absolute Gasteiger partial charge is 0.444 e. The minimum Gasteiger partial charge on any atom is -0.444 e. The first kappa shape index (κ1) is 63.8. The van der Waals surface area contributed by atoms with Crippen LogP contribution >= 0.6 is 47.5 Å². The molecule has 0 fully saturated rings. The van der Waals surface area contributed by atoms with Crippen molar-refractivity contribution in [2.45, 2.75) is 90.8 Å². The summed E-state index contributed by atoms with van der Waals surface area (Å²) in [5, 5.41) is 7.89. The Balaban J connectivity index is 0.000000124. The van der Waals surface area contributed by atoms with Gasteiger partial charge in [-0.15, -0.1) is 0 Å². The zero-order valence-electron chi connectivity index (χ0n) is 50.4. The SMILES string of the molecule is CC(C)(C)OC(=O)N1CCC(N)c2ccc(Br)cc2C1.CC(C)(C)OC(=O)N1CC[C@@H](N)c2ccc(Br)cc2C1.O=P1(O)Oc2ccc3ccccc3c2-c2c(ccc3ccccc23)O1.O=P1(O)Oc2ccc3ccccc3c2-c2c(ccc3ccccc23)O1. The number of phosphoric acid groups is 2. The number of hydrogen-bond acceptors (Lipinski definition) is 12. The van der Waals surface area contributed by atoms with Gasteiger partial charge in [0, 0.05) is 69.5 Å². The van der Waals surface area contributed by atoms with Gasteiger partial charge >= 0.3 is 27.8 Å². The van der Waals surface area contributed by atoms with Crippen molar-refractivity contribution >= 4 is 103 Å². The van der Waals surface area contributed by atoms with Gasteiger partial charge < -0.3 is 48.8 Å². The third kappa shape index (κ3) is 14.5. The second kappa shape index (κ2) is 25.9. The highest BCUT2D eigenvalue weighted by atomic mass is 79.9. The summed E-state index contributed by atoms with van der Waals surface area (Å²) < 4.78 is 59.1. The van der Waals surface area contributed by atoms with Crippen LogP contribution in [0, 0.1) is 0 Å². The van der Waals surface area contributed by atoms with Crippen LogP contribution in [0.5, 0.6) is 23.0 Å². The fourth-order valence-corrected chi connectivity index (χ4v) is 14.0. The maximum atomic E-state index is 12.4. The topological polar surface area (TPSA) is 223 Å². The molecule has 10 aromatic carbocycles. The fourth-order valence-electron chi connectivity index (χ4n) is 11.5. The van der Waals surface area contributed by atoms with Gasteiger partial charge in [0.2, 0.25) is 0 Å². The number of nitrogens with two attached hydrogens (primary N) is 2. The highest BCUT2D eigenvalue weighted by Gasteiger charge is 2.36. The van der Waals surface area contributed by atoms with E-state index in [1.807, 2.05) is 199 Å². The molecule has 2 atom stereocenters. The van der Waals surface area contributed by atoms with E-state index in [9.17, 15) is 28.5 Å². The number of hydrogen-bond donors (Lipinski definition) is 4. The molecule has 4 heterocycles. The zero-order chi connectivity index (χ0) is 63.9. The van der Waals surface area contributed by atoms with Crippen molar-refractivity contribution in [1.29, 1.82) is 0 Å². The largest absolute Gasteiger partial charge is 0.584 e. The number of carbonyl (C=O) groups excluding carboxylic acids is 2. The molecule has 4 aliphatic rings. The lowest BCUT2D eigenvalue weighted by Crippen LogP contribution is -2.36. The quantitative estimate of drug-likeness (QED) is 0.104. The lowest BCUT2D eigenvalue weighted by atomic mass is 9.92. The van der Waals surface area contributed by atoms with Crippen LogP contribution in [0.2, 0.25) is 0 Å². The van der Waals surface area contributed by atoms with Gasteiger partial charge in [0.1, 0.15) is 34.2 Å². The van der Waals surface area contributed by atoms with Gasteiger partial charge in [-0.3, -0.25) is 9.79 Å². The maximum Gasteiger partial charge on any atom is 0.584 e. The molecule has 90 heavy (non-hydrogen) atoms. The van der Waals surface area contributed by atoms with Crippen LogP contribution < -0.4 is 29.6 Å². The third-order valence-corrected chi connectivity index (χ3v) is 18.1. The van der Waals surface area contributed by atoms with Crippen LogP contribution in [0.1, 0.15) is 88.7 Å². The molecular weight excluding hydrogens is 1310 g/mol. The molecule has 0 saturated heterocycles. The molecule has 0 aliphatic carbocycles. The van der Waals surface area contributed by atoms with Crippen LogP contribution in [-0.2, 0) is 31.7 Å². The average Bonchev–Trinajstić information content (AvgIpc) is 1.42. The van der Waals surface area contributed by atoms with Crippen molar-refractivity contribution < 1.29 is 56.1 Å². The van der Waals surface area contributed by atoms with Crippen molar-refractivity contribution in [3.05, 3.63) is 213 Å². The predicted molar refractivity (Wildman–Crippen MR) is 361 cm³/mol. The van der Waals surface area contributed by atoms with Gasteiger partial charge in [-0.1, -0.05) is 165 Å². The average molecular weight is 1380 g/mol. The highest BCUT2D eigenvalue weighted by Crippen LogP contribution is 2.58. The van der Waals surface area contributed by atoms with E-state index in [4.69, 9.17) is 39.0 Å². The second-order valence-electron chi connectivity index (χ2n) is 24.2. The van der Waals surface area contributed by atoms with Crippen molar-refractivity contribution in [2.75, 3.05) is 13.1 Å². The fraction of sp³-hybridized carbons (Fsp3) is 0.229. The van der Waals surface area contributed by atoms with Gasteiger partial charge in [-0.05, 0) is 168 Å². The summed E-state index contributed by atoms with van der Waals surface area (Å²) in [5.74, 6) is 1.39. The Morgan fingerprint density at radius 1 is 0.456 bits per heavy atom. The monoisotopic (exact) mass is 1380 g/mol. The normalized spacial score (nSPS) is 16.8. The van der Waals surface area contributed by atoms with Gasteiger partial charge in [0.05, 0.1) is 0 Å². The van der Waals surface area contributed by atoms with E-state index in [0.717, 1.165) is 109 Å². The van der Waals surface area contributed by atoms with Crippen molar-refractivity contribution in [1.82, 2.24) is 9.80 Å². The van der Waals surface area contributed by atoms with E-state index >= 15 is 0 Å². The van der Waals surface area contributed by atoms with E-state index < -0.39 is 26.8 Å². The summed E-state index contributed by atoms with van der Waals surface area (Å²) in [5.41, 5.74) is 18.9. The van der Waals surface area contributed by atoms with Crippen LogP contribution in [0.25, 0.3) is 65.3 Å². The van der Waals surface area contributed by atoms with Crippen LogP contribution in [0.3, 0.4) is 0 Å². The lowest BCUT2D eigenvalue weighted by Gasteiger charge is -2.26. The zero-order valence-corrected chi connectivity index (χ0v) is 55.4. The molecule has 2 amide bonds. The number of amides is 2. The van der Waals surface area contributed by atoms with Crippen molar-refractivity contribution in [2.24, 2.45) is 11.5 Å². The van der Waals surface area contributed by atoms with Gasteiger partial charge in [0.25, 0.3) is 0 Å². The molecule has 14 rings (SSSR count). The molecule has 4 aliphatic heterocycles. The van der Waals surface area contributed by atoms with Crippen LogP contribution in [-0.4, -0.2) is 56.1 Å². The molecule has 0 bridgehead atoms. The minimum atomic E-state index is -4.25. The van der Waals surface area contributed by atoms with E-state index in [1.165, 1.54) is 0 Å². The van der Waals surface area contributed by atoms with E-state index in [0.29, 0.717) is 49.2 Å². The standard InChI is InChI=1S/2C20H13O4P.2C15H21BrN2O2/c2*21-25(22)23-17-11-9-13-5-1-3-7-15(13)19(17)20-16-8-4-2-6-14(16)10-12-18(20)24-25;2*1-15(2,3)20-14(19)18-7-6-13(17)12-5-4-11(16)8-10(12)9-18/h2*1-12H,(H,21,22);2*4-5,8,13H,6-7,9,17H2,1-3H3/t;;13-;/m..1./s1. The van der Waals surface area contributed by atoms with E-state index in [-0.39, 0.29) is 24.3 Å². The number of carbonyl (C=O) groups is 2. The predicted octanol–water partition coefficient (Wildman–Crippen LogP) is 18.2. The molecule has 0 spiro atoms. The third-order valence-electron chi connectivity index (χ3n) is 15.4. The van der Waals surface area contributed by atoms with Crippen molar-refractivity contribution in [3.8, 4) is 45.3 Å². The first-order chi connectivity index (χ1) is 42.8. The van der Waals surface area contributed by atoms with E-state index in [2.05, 4.69) is 31.9 Å². The molecule has 0 aromatic heterocycles. The molecule has 6 N–H and O–H groups in total. The summed E-state index contributed by atoms with van der Waals surface area (Å²) in [6, 6.07) is 58.0. The minimum absolute atomic E-state index is 0.0365. The number of halogens is 2. The van der Waals surface area contributed by atoms with Crippen LogP contribution in [0.15, 0.2) is 191 Å². The Labute approximate surface area is 539 Å². The Morgan fingerprint density at radius 2 is 0.733 bits per heavy atom. The Bertz CT molecular complexity index is 4050. The first-order valence-corrected chi connectivity index (χ1v) is 33.9. The number of nitrogens with zero attached hydrogens (tertiary/aromatic N) is 2. The second-order valence-corrected chi connectivity index (χ2v) is 28.7. The summed E-state index contributed by atoms with van der Waals surface area (Å²) in [4.78, 5) is 48.1.